The average molecular weight is 756 g/mol. The Hall–Kier alpha value is -8.30. The number of ether oxygens (including phenoxy) is 2. The van der Waals surface area contributed by atoms with Crippen molar-refractivity contribution in [2.75, 3.05) is 35.1 Å². The minimum absolute atomic E-state index is 0.0382. The molecule has 22 nitrogen and oxygen atoms in total. The summed E-state index contributed by atoms with van der Waals surface area (Å²) in [5.74, 6) is -2.08. The van der Waals surface area contributed by atoms with Gasteiger partial charge in [-0.2, -0.15) is 55.6 Å². The summed E-state index contributed by atoms with van der Waals surface area (Å²) in [5, 5.41) is 46.1. The van der Waals surface area contributed by atoms with Gasteiger partial charge in [0, 0.05) is 0 Å². The Bertz CT molecular complexity index is 2540. The van der Waals surface area contributed by atoms with E-state index >= 15 is 0 Å². The van der Waals surface area contributed by atoms with E-state index in [1.54, 1.807) is 50.2 Å². The Balaban J connectivity index is 1.16. The molecule has 2 aromatic carbocycles. The zero-order valence-corrected chi connectivity index (χ0v) is 29.9. The van der Waals surface area contributed by atoms with Gasteiger partial charge in [0.15, 0.2) is 41.0 Å². The molecule has 0 bridgehead atoms. The summed E-state index contributed by atoms with van der Waals surface area (Å²) < 4.78 is 13.1. The molecule has 0 amide bonds. The second kappa shape index (κ2) is 15.0. The van der Waals surface area contributed by atoms with Gasteiger partial charge in [0.05, 0.1) is 55.0 Å². The van der Waals surface area contributed by atoms with Gasteiger partial charge in [-0.05, 0) is 38.1 Å². The van der Waals surface area contributed by atoms with E-state index in [1.165, 1.54) is 36.0 Å². The number of hydrazone groups is 4. The van der Waals surface area contributed by atoms with Crippen LogP contribution in [0.5, 0.6) is 6.01 Å². The van der Waals surface area contributed by atoms with Gasteiger partial charge >= 0.3 is 12.0 Å². The molecule has 7 rings (SSSR count). The lowest BCUT2D eigenvalue weighted by atomic mass is 10.2. The Morgan fingerprint density at radius 3 is 1.62 bits per heavy atom. The smallest absolute Gasteiger partial charge is 0.343 e. The molecule has 0 saturated heterocycles. The van der Waals surface area contributed by atoms with Crippen LogP contribution in [0, 0.1) is 10.8 Å². The number of para-hydroxylation sites is 2. The topological polar surface area (TPSA) is 272 Å². The minimum atomic E-state index is -0.827. The molecule has 0 fully saturated rings. The number of rotatable bonds is 12. The van der Waals surface area contributed by atoms with Crippen molar-refractivity contribution in [1.82, 2.24) is 34.5 Å². The van der Waals surface area contributed by atoms with E-state index in [9.17, 15) is 14.4 Å². The number of ketones is 1. The maximum absolute atomic E-state index is 12.6. The van der Waals surface area contributed by atoms with Crippen molar-refractivity contribution in [3.05, 3.63) is 84.2 Å². The number of amidine groups is 2. The highest BCUT2D eigenvalue weighted by molar-refractivity contribution is 6.72. The highest BCUT2D eigenvalue weighted by atomic mass is 16.5. The number of aromatic nitrogens is 7. The highest BCUT2D eigenvalue weighted by Crippen LogP contribution is 2.26. The highest BCUT2D eigenvalue weighted by Gasteiger charge is 2.34. The number of carbonyl (C=O) groups is 3. The molecule has 0 radical (unpaired) electrons. The van der Waals surface area contributed by atoms with Gasteiger partial charge in [0.25, 0.3) is 11.9 Å². The number of nitrogens with zero attached hydrogens (tertiary/aromatic N) is 13. The van der Waals surface area contributed by atoms with E-state index < -0.39 is 11.8 Å². The van der Waals surface area contributed by atoms with Gasteiger partial charge in [-0.3, -0.25) is 31.3 Å². The first-order valence-corrected chi connectivity index (χ1v) is 16.3. The molecular weight excluding hydrogens is 726 g/mol. The summed E-state index contributed by atoms with van der Waals surface area (Å²) in [6.07, 6.45) is 2.75. The van der Waals surface area contributed by atoms with E-state index in [0.717, 1.165) is 10.0 Å². The zero-order chi connectivity index (χ0) is 39.5. The molecule has 5 aromatic rings. The van der Waals surface area contributed by atoms with Crippen molar-refractivity contribution in [3.8, 4) is 17.4 Å². The number of esters is 1. The fourth-order valence-corrected chi connectivity index (χ4v) is 5.37. The molecule has 0 saturated carbocycles. The van der Waals surface area contributed by atoms with E-state index in [1.807, 2.05) is 24.3 Å². The molecule has 4 N–H and O–H groups in total. The molecule has 56 heavy (non-hydrogen) atoms. The molecule has 0 unspecified atom stereocenters. The molecule has 22 heteroatoms. The lowest BCUT2D eigenvalue weighted by Gasteiger charge is -2.16. The largest absolute Gasteiger partial charge is 0.467 e. The van der Waals surface area contributed by atoms with Crippen LogP contribution in [0.15, 0.2) is 93.5 Å². The second-order valence-corrected chi connectivity index (χ2v) is 11.5. The number of hydrogen-bond acceptors (Lipinski definition) is 18. The summed E-state index contributed by atoms with van der Waals surface area (Å²) in [5.41, 5.74) is 7.56. The minimum Gasteiger partial charge on any atom is -0.467 e. The average Bonchev–Trinajstić information content (AvgIpc) is 3.99. The molecule has 0 atom stereocenters. The molecule has 2 aliphatic rings. The molecule has 0 aliphatic carbocycles. The van der Waals surface area contributed by atoms with Crippen LogP contribution in [0.25, 0.3) is 11.4 Å². The van der Waals surface area contributed by atoms with Crippen LogP contribution in [0.1, 0.15) is 34.6 Å². The molecule has 280 valence electrons. The number of nitrogens with one attached hydrogen (secondary N) is 4. The third kappa shape index (κ3) is 6.59. The number of carbonyl (C=O) groups excluding carboxylic acids is 3. The Kier molecular flexibility index (Phi) is 9.65. The summed E-state index contributed by atoms with van der Waals surface area (Å²) in [6, 6.07) is 17.7. The maximum atomic E-state index is 12.6. The summed E-state index contributed by atoms with van der Waals surface area (Å²) in [6.45, 7) is 3.21. The standard InChI is InChI=1S/C34H29N17O5/c1-18-25(42-44-29-22(24(53)17-52)15-37-48(29)20-11-7-5-8-12-20)27(35)50(46-18)32-39-33(41-34(40-32)56-4)51-28(36)26(19(2)47-51)43-45-30-23(31(54)55-3)16-38-49(30)21-13-9-6-10-14-21/h5-17,35-36,44-45H,1-4H3/b35-27?,36-28?,42-25+,43-26+. The van der Waals surface area contributed by atoms with Gasteiger partial charge in [-0.25, -0.2) is 14.2 Å². The zero-order valence-electron chi connectivity index (χ0n) is 29.9. The molecule has 3 aromatic heterocycles. The van der Waals surface area contributed by atoms with Crippen molar-refractivity contribution in [3.63, 3.8) is 0 Å². The van der Waals surface area contributed by atoms with Crippen LogP contribution in [0.4, 0.5) is 23.5 Å². The van der Waals surface area contributed by atoms with Crippen LogP contribution < -0.4 is 25.6 Å². The van der Waals surface area contributed by atoms with Gasteiger partial charge in [-0.15, -0.1) is 0 Å². The first-order chi connectivity index (χ1) is 27.1. The molecular formula is C34H29N17O5. The number of anilines is 4. The predicted molar refractivity (Wildman–Crippen MR) is 204 cm³/mol. The molecule has 5 heterocycles. The van der Waals surface area contributed by atoms with Crippen LogP contribution >= 0.6 is 0 Å². The SMILES string of the molecule is COC(=O)c1cnn(-c2ccccc2)c1N/N=C1/C(=N)N(c2nc(OC)nc(N3N=C(C)/C(=N\Nc4c(C(=O)C=O)cnn4-c4ccccc4)C3=N)n2)N=C1C. The first kappa shape index (κ1) is 36.1. The fourth-order valence-electron chi connectivity index (χ4n) is 5.37. The van der Waals surface area contributed by atoms with Gasteiger partial charge in [0.2, 0.25) is 5.78 Å². The Morgan fingerprint density at radius 1 is 0.714 bits per heavy atom. The summed E-state index contributed by atoms with van der Waals surface area (Å²) >= 11 is 0. The number of benzene rings is 2. The molecule has 2 aliphatic heterocycles. The summed E-state index contributed by atoms with van der Waals surface area (Å²) in [7, 11) is 2.57. The second-order valence-electron chi connectivity index (χ2n) is 11.5. The van der Waals surface area contributed by atoms with Crippen molar-refractivity contribution in [2.24, 2.45) is 20.4 Å². The van der Waals surface area contributed by atoms with E-state index in [2.05, 4.69) is 56.4 Å². The monoisotopic (exact) mass is 755 g/mol. The number of Topliss-reactive ketones (excluding diaryl/α,β-unsaturated/α-hetero) is 1. The van der Waals surface area contributed by atoms with Gasteiger partial charge < -0.3 is 9.47 Å². The first-order valence-electron chi connectivity index (χ1n) is 16.3. The predicted octanol–water partition coefficient (Wildman–Crippen LogP) is 2.70. The third-order valence-corrected chi connectivity index (χ3v) is 8.08. The number of aldehydes is 1. The summed E-state index contributed by atoms with van der Waals surface area (Å²) in [4.78, 5) is 49.4. The Labute approximate surface area is 315 Å². The quantitative estimate of drug-likeness (QED) is 0.0469. The molecule has 0 spiro atoms. The van der Waals surface area contributed by atoms with E-state index in [-0.39, 0.29) is 75.8 Å². The lowest BCUT2D eigenvalue weighted by molar-refractivity contribution is -0.104. The van der Waals surface area contributed by atoms with Crippen LogP contribution in [0.2, 0.25) is 0 Å². The van der Waals surface area contributed by atoms with Gasteiger partial charge in [-0.1, -0.05) is 36.4 Å². The third-order valence-electron chi connectivity index (χ3n) is 8.08. The fraction of sp³-hybridized carbons (Fsp3) is 0.118. The number of methoxy groups -OCH3 is 2. The van der Waals surface area contributed by atoms with Crippen LogP contribution in [-0.4, -0.2) is 101 Å². The van der Waals surface area contributed by atoms with Crippen molar-refractivity contribution in [1.29, 1.82) is 10.8 Å². The van der Waals surface area contributed by atoms with Crippen molar-refractivity contribution < 1.29 is 23.9 Å². The van der Waals surface area contributed by atoms with Crippen LogP contribution in [-0.2, 0) is 9.53 Å². The Morgan fingerprint density at radius 2 is 1.18 bits per heavy atom. The number of hydrogen-bond donors (Lipinski definition) is 4. The van der Waals surface area contributed by atoms with Crippen LogP contribution in [0.3, 0.4) is 0 Å². The normalized spacial score (nSPS) is 15.3. The maximum Gasteiger partial charge on any atom is 0.343 e. The van der Waals surface area contributed by atoms with Gasteiger partial charge in [0.1, 0.15) is 5.56 Å². The van der Waals surface area contributed by atoms with Crippen molar-refractivity contribution >= 4 is 76.1 Å². The van der Waals surface area contributed by atoms with Crippen molar-refractivity contribution in [2.45, 2.75) is 13.8 Å². The van der Waals surface area contributed by atoms with E-state index in [0.29, 0.717) is 17.1 Å². The van der Waals surface area contributed by atoms with E-state index in [4.69, 9.17) is 20.3 Å². The lowest BCUT2D eigenvalue weighted by Crippen LogP contribution is -2.31.